The molecule has 284 valence electrons. The van der Waals surface area contributed by atoms with E-state index in [-0.39, 0.29) is 60.7 Å². The molecule has 11 atom stereocenters. The Morgan fingerprint density at radius 2 is 1.60 bits per heavy atom. The third-order valence-electron chi connectivity index (χ3n) is 14.1. The molecule has 0 heterocycles. The van der Waals surface area contributed by atoms with Gasteiger partial charge in [0, 0.05) is 24.6 Å². The third-order valence-corrected chi connectivity index (χ3v) is 14.1. The molecule has 0 saturated heterocycles. The number of esters is 1. The van der Waals surface area contributed by atoms with Gasteiger partial charge < -0.3 is 30.3 Å². The van der Waals surface area contributed by atoms with Crippen molar-refractivity contribution in [2.75, 3.05) is 12.4 Å². The Morgan fingerprint density at radius 3 is 2.37 bits per heavy atom. The average molecular weight is 717 g/mol. The fourth-order valence-corrected chi connectivity index (χ4v) is 11.3. The number of carbonyl (C=O) groups is 3. The molecule has 0 bridgehead atoms. The molecular formula is C43H60N2O7. The molecular weight excluding hydrogens is 656 g/mol. The highest BCUT2D eigenvalue weighted by atomic mass is 16.5. The van der Waals surface area contributed by atoms with Gasteiger partial charge in [-0.3, -0.25) is 9.59 Å². The van der Waals surface area contributed by atoms with Crippen LogP contribution in [-0.2, 0) is 25.7 Å². The molecule has 4 aliphatic carbocycles. The molecule has 2 aromatic carbocycles. The van der Waals surface area contributed by atoms with Crippen molar-refractivity contribution in [2.45, 2.75) is 123 Å². The van der Waals surface area contributed by atoms with Gasteiger partial charge in [-0.2, -0.15) is 0 Å². The Morgan fingerprint density at radius 1 is 0.865 bits per heavy atom. The largest absolute Gasteiger partial charge is 0.497 e. The normalized spacial score (nSPS) is 33.4. The fourth-order valence-electron chi connectivity index (χ4n) is 11.3. The molecule has 0 aromatic heterocycles. The first kappa shape index (κ1) is 38.3. The second-order valence-electron chi connectivity index (χ2n) is 17.0. The predicted octanol–water partition coefficient (Wildman–Crippen LogP) is 7.05. The van der Waals surface area contributed by atoms with Crippen LogP contribution in [0.1, 0.15) is 103 Å². The van der Waals surface area contributed by atoms with Gasteiger partial charge >= 0.3 is 5.97 Å². The number of methoxy groups -OCH3 is 1. The Hall–Kier alpha value is -3.43. The van der Waals surface area contributed by atoms with Crippen LogP contribution in [0.25, 0.3) is 0 Å². The lowest BCUT2D eigenvalue weighted by Crippen LogP contribution is -2.58. The van der Waals surface area contributed by atoms with Crippen LogP contribution in [0, 0.1) is 46.3 Å². The molecule has 0 aliphatic heterocycles. The number of carbonyl (C=O) groups excluding carboxylic acids is 3. The Labute approximate surface area is 309 Å². The number of aliphatic hydroxyl groups excluding tert-OH is 2. The van der Waals surface area contributed by atoms with E-state index >= 15 is 0 Å². The molecule has 2 aromatic rings. The second kappa shape index (κ2) is 16.3. The highest BCUT2D eigenvalue weighted by Crippen LogP contribution is 2.68. The monoisotopic (exact) mass is 716 g/mol. The fraction of sp³-hybridized carbons (Fsp3) is 0.651. The molecule has 4 aliphatic rings. The quantitative estimate of drug-likeness (QED) is 0.163. The average Bonchev–Trinajstić information content (AvgIpc) is 3.49. The van der Waals surface area contributed by atoms with E-state index in [4.69, 9.17) is 9.47 Å². The minimum absolute atomic E-state index is 0.0230. The summed E-state index contributed by atoms with van der Waals surface area (Å²) in [6, 6.07) is 15.5. The van der Waals surface area contributed by atoms with Crippen molar-refractivity contribution in [3.05, 3.63) is 60.2 Å². The number of nitrogens with one attached hydrogen (secondary N) is 2. The third kappa shape index (κ3) is 8.20. The van der Waals surface area contributed by atoms with Gasteiger partial charge in [0.25, 0.3) is 0 Å². The number of benzene rings is 2. The van der Waals surface area contributed by atoms with Crippen molar-refractivity contribution in [1.82, 2.24) is 5.32 Å². The maximum Gasteiger partial charge on any atom is 0.328 e. The number of aliphatic hydroxyl groups is 2. The lowest BCUT2D eigenvalue weighted by molar-refractivity contribution is -0.174. The lowest BCUT2D eigenvalue weighted by Gasteiger charge is -2.62. The Bertz CT molecular complexity index is 1550. The Kier molecular flexibility index (Phi) is 12.0. The molecule has 52 heavy (non-hydrogen) atoms. The van der Waals surface area contributed by atoms with Gasteiger partial charge in [-0.15, -0.1) is 0 Å². The molecule has 4 fully saturated rings. The zero-order valence-electron chi connectivity index (χ0n) is 31.5. The first-order chi connectivity index (χ1) is 24.9. The standard InChI is InChI=1S/C43H60N2O7/c1-27(33-14-15-34-40-35(20-22-43(33,34)3)42(2)21-19-31(46)23-29(42)24-37(40)47)13-17-39(49)45-36(41(50)52-26-28-9-6-5-7-10-28)16-18-38(48)44-30-11-8-12-32(25-30)51-4/h5-12,25,27,29,31,33-37,40,46-47H,13-24,26H2,1-4H3,(H,44,48)(H,45,49)/t27-,29+,31-,33-,34+,35+,36+,37-,40+,42+,43-/m1/s1. The molecule has 9 nitrogen and oxygen atoms in total. The van der Waals surface area contributed by atoms with Crippen LogP contribution in [0.2, 0.25) is 0 Å². The number of anilines is 1. The van der Waals surface area contributed by atoms with Crippen molar-refractivity contribution in [1.29, 1.82) is 0 Å². The second-order valence-corrected chi connectivity index (χ2v) is 17.0. The van der Waals surface area contributed by atoms with Gasteiger partial charge in [-0.05, 0) is 128 Å². The number of hydrogen-bond donors (Lipinski definition) is 4. The van der Waals surface area contributed by atoms with Gasteiger partial charge in [0.1, 0.15) is 18.4 Å². The van der Waals surface area contributed by atoms with Gasteiger partial charge in [0.05, 0.1) is 19.3 Å². The van der Waals surface area contributed by atoms with Crippen molar-refractivity contribution >= 4 is 23.5 Å². The van der Waals surface area contributed by atoms with E-state index < -0.39 is 12.0 Å². The zero-order valence-corrected chi connectivity index (χ0v) is 31.5. The minimum Gasteiger partial charge on any atom is -0.497 e. The highest BCUT2D eigenvalue weighted by molar-refractivity contribution is 5.91. The zero-order chi connectivity index (χ0) is 37.0. The summed E-state index contributed by atoms with van der Waals surface area (Å²) in [6.07, 6.45) is 8.62. The molecule has 9 heteroatoms. The first-order valence-electron chi connectivity index (χ1n) is 19.7. The summed E-state index contributed by atoms with van der Waals surface area (Å²) in [4.78, 5) is 39.6. The molecule has 4 N–H and O–H groups in total. The summed E-state index contributed by atoms with van der Waals surface area (Å²) in [5.41, 5.74) is 1.75. The van der Waals surface area contributed by atoms with E-state index in [1.165, 1.54) is 0 Å². The summed E-state index contributed by atoms with van der Waals surface area (Å²) in [7, 11) is 1.56. The summed E-state index contributed by atoms with van der Waals surface area (Å²) in [6.45, 7) is 7.24. The maximum atomic E-state index is 13.5. The first-order valence-corrected chi connectivity index (χ1v) is 19.7. The predicted molar refractivity (Wildman–Crippen MR) is 200 cm³/mol. The van der Waals surface area contributed by atoms with Crippen molar-refractivity contribution < 1.29 is 34.1 Å². The van der Waals surface area contributed by atoms with Crippen LogP contribution in [0.5, 0.6) is 5.75 Å². The van der Waals surface area contributed by atoms with Crippen LogP contribution in [0.3, 0.4) is 0 Å². The van der Waals surface area contributed by atoms with Crippen LogP contribution in [-0.4, -0.2) is 53.4 Å². The summed E-state index contributed by atoms with van der Waals surface area (Å²) < 4.78 is 10.9. The minimum atomic E-state index is -0.954. The molecule has 0 unspecified atom stereocenters. The van der Waals surface area contributed by atoms with Gasteiger partial charge in [-0.1, -0.05) is 57.2 Å². The summed E-state index contributed by atoms with van der Waals surface area (Å²) >= 11 is 0. The number of fused-ring (bicyclic) bond motifs is 5. The Balaban J connectivity index is 1.05. The van der Waals surface area contributed by atoms with E-state index in [9.17, 15) is 24.6 Å². The van der Waals surface area contributed by atoms with E-state index in [1.807, 2.05) is 30.3 Å². The topological polar surface area (TPSA) is 134 Å². The molecule has 0 radical (unpaired) electrons. The van der Waals surface area contributed by atoms with Crippen molar-refractivity contribution in [3.8, 4) is 5.75 Å². The van der Waals surface area contributed by atoms with E-state index in [1.54, 1.807) is 31.4 Å². The van der Waals surface area contributed by atoms with E-state index in [0.717, 1.165) is 56.9 Å². The maximum absolute atomic E-state index is 13.5. The van der Waals surface area contributed by atoms with Gasteiger partial charge in [-0.25, -0.2) is 4.79 Å². The lowest BCUT2D eigenvalue weighted by atomic mass is 9.43. The molecule has 6 rings (SSSR count). The van der Waals surface area contributed by atoms with E-state index in [0.29, 0.717) is 53.4 Å². The molecule has 2 amide bonds. The number of amides is 2. The highest BCUT2D eigenvalue weighted by Gasteiger charge is 2.62. The molecule has 4 saturated carbocycles. The number of hydrogen-bond acceptors (Lipinski definition) is 7. The van der Waals surface area contributed by atoms with Crippen molar-refractivity contribution in [3.63, 3.8) is 0 Å². The SMILES string of the molecule is COc1cccc(NC(=O)CC[C@H](NC(=O)CC[C@@H](C)[C@H]2CC[C@H]3[C@@H]4[C@H](O)C[C@@H]5C[C@H](O)CC[C@]5(C)[C@H]4CC[C@]23C)C(=O)OCc2ccccc2)c1. The van der Waals surface area contributed by atoms with Gasteiger partial charge in [0.15, 0.2) is 0 Å². The summed E-state index contributed by atoms with van der Waals surface area (Å²) in [5, 5.41) is 27.8. The smallest absolute Gasteiger partial charge is 0.328 e. The van der Waals surface area contributed by atoms with Crippen LogP contribution in [0.4, 0.5) is 5.69 Å². The van der Waals surface area contributed by atoms with Gasteiger partial charge in [0.2, 0.25) is 11.8 Å². The van der Waals surface area contributed by atoms with E-state index in [2.05, 4.69) is 31.4 Å². The van der Waals surface area contributed by atoms with Crippen LogP contribution < -0.4 is 15.4 Å². The summed E-state index contributed by atoms with van der Waals surface area (Å²) in [5.74, 6) is 2.02. The number of rotatable bonds is 13. The van der Waals surface area contributed by atoms with Crippen LogP contribution in [0.15, 0.2) is 54.6 Å². The van der Waals surface area contributed by atoms with Crippen molar-refractivity contribution in [2.24, 2.45) is 46.3 Å². The van der Waals surface area contributed by atoms with Crippen LogP contribution >= 0.6 is 0 Å². The molecule has 0 spiro atoms. The number of ether oxygens (including phenoxy) is 2.